The quantitative estimate of drug-likeness (QED) is 0.565. The van der Waals surface area contributed by atoms with E-state index < -0.39 is 15.9 Å². The van der Waals surface area contributed by atoms with E-state index in [1.165, 1.54) is 21.3 Å². The number of carbonyl (C=O) groups is 1. The zero-order chi connectivity index (χ0) is 23.3. The summed E-state index contributed by atoms with van der Waals surface area (Å²) < 4.78 is 46.0. The van der Waals surface area contributed by atoms with E-state index in [0.29, 0.717) is 41.6 Å². The van der Waals surface area contributed by atoms with Crippen molar-refractivity contribution < 1.29 is 32.2 Å². The number of benzene rings is 2. The average molecular weight is 464 g/mol. The fourth-order valence-corrected chi connectivity index (χ4v) is 5.57. The fraction of sp³-hybridized carbons (Fsp3) is 0.435. The number of carbonyl (C=O) groups excluding carboxylic acids is 1. The molecule has 0 unspecified atom stereocenters. The van der Waals surface area contributed by atoms with Crippen LogP contribution in [0.4, 0.5) is 0 Å². The Morgan fingerprint density at radius 1 is 1.03 bits per heavy atom. The van der Waals surface area contributed by atoms with Crippen LogP contribution in [0.5, 0.6) is 23.0 Å². The third-order valence-electron chi connectivity index (χ3n) is 5.40. The summed E-state index contributed by atoms with van der Waals surface area (Å²) >= 11 is 0. The third kappa shape index (κ3) is 5.27. The molecule has 0 aromatic heterocycles. The van der Waals surface area contributed by atoms with Crippen molar-refractivity contribution in [2.75, 3.05) is 39.4 Å². The van der Waals surface area contributed by atoms with Gasteiger partial charge in [0, 0.05) is 18.2 Å². The van der Waals surface area contributed by atoms with E-state index in [0.717, 1.165) is 5.56 Å². The molecular weight excluding hydrogens is 434 g/mol. The third-order valence-corrected chi connectivity index (χ3v) is 7.15. The van der Waals surface area contributed by atoms with Gasteiger partial charge in [-0.3, -0.25) is 4.79 Å². The monoisotopic (exact) mass is 463 g/mol. The van der Waals surface area contributed by atoms with Gasteiger partial charge in [-0.05, 0) is 55.3 Å². The standard InChI is InChI=1S/C23H29NO7S/c1-5-31-19-8-6-17(7-9-19)23(25)24(18-10-11-32(26,27)15-18)14-16-12-20(28-2)22(30-4)21(13-16)29-3/h6-9,12-13,18H,5,10-11,14-15H2,1-4H3/t18-/m1/s1. The summed E-state index contributed by atoms with van der Waals surface area (Å²) in [6, 6.07) is 9.97. The van der Waals surface area contributed by atoms with Gasteiger partial charge in [0.05, 0.1) is 39.4 Å². The van der Waals surface area contributed by atoms with E-state index in [-0.39, 0.29) is 24.0 Å². The molecule has 9 heteroatoms. The van der Waals surface area contributed by atoms with Crippen LogP contribution in [-0.4, -0.2) is 64.7 Å². The summed E-state index contributed by atoms with van der Waals surface area (Å²) in [5.74, 6) is 1.82. The fourth-order valence-electron chi connectivity index (χ4n) is 3.84. The van der Waals surface area contributed by atoms with Crippen molar-refractivity contribution in [1.82, 2.24) is 4.90 Å². The van der Waals surface area contributed by atoms with Crippen molar-refractivity contribution in [3.8, 4) is 23.0 Å². The maximum atomic E-state index is 13.5. The van der Waals surface area contributed by atoms with Gasteiger partial charge in [-0.2, -0.15) is 0 Å². The highest BCUT2D eigenvalue weighted by Gasteiger charge is 2.35. The molecule has 1 aliphatic heterocycles. The van der Waals surface area contributed by atoms with E-state index in [1.54, 1.807) is 41.3 Å². The predicted molar refractivity (Wildman–Crippen MR) is 121 cm³/mol. The first kappa shape index (κ1) is 23.7. The first-order valence-electron chi connectivity index (χ1n) is 10.3. The molecule has 0 bridgehead atoms. The lowest BCUT2D eigenvalue weighted by Gasteiger charge is -2.29. The first-order valence-corrected chi connectivity index (χ1v) is 12.2. The van der Waals surface area contributed by atoms with Crippen LogP contribution >= 0.6 is 0 Å². The summed E-state index contributed by atoms with van der Waals surface area (Å²) in [5.41, 5.74) is 1.20. The molecule has 1 amide bonds. The Kier molecular flexibility index (Phi) is 7.50. The second-order valence-corrected chi connectivity index (χ2v) is 9.71. The van der Waals surface area contributed by atoms with E-state index in [2.05, 4.69) is 0 Å². The van der Waals surface area contributed by atoms with Gasteiger partial charge in [0.15, 0.2) is 21.3 Å². The minimum Gasteiger partial charge on any atom is -0.494 e. The Morgan fingerprint density at radius 3 is 2.12 bits per heavy atom. The van der Waals surface area contributed by atoms with Gasteiger partial charge in [0.1, 0.15) is 5.75 Å². The smallest absolute Gasteiger partial charge is 0.254 e. The Bertz CT molecular complexity index is 1030. The van der Waals surface area contributed by atoms with Crippen LogP contribution in [0.3, 0.4) is 0 Å². The summed E-state index contributed by atoms with van der Waals surface area (Å²) in [6.45, 7) is 2.61. The molecule has 32 heavy (non-hydrogen) atoms. The van der Waals surface area contributed by atoms with Crippen LogP contribution in [0.2, 0.25) is 0 Å². The number of methoxy groups -OCH3 is 3. The van der Waals surface area contributed by atoms with Crippen molar-refractivity contribution in [3.63, 3.8) is 0 Å². The molecule has 0 radical (unpaired) electrons. The highest BCUT2D eigenvalue weighted by atomic mass is 32.2. The lowest BCUT2D eigenvalue weighted by Crippen LogP contribution is -2.40. The largest absolute Gasteiger partial charge is 0.494 e. The van der Waals surface area contributed by atoms with Crippen molar-refractivity contribution in [1.29, 1.82) is 0 Å². The van der Waals surface area contributed by atoms with Crippen molar-refractivity contribution in [2.45, 2.75) is 25.9 Å². The van der Waals surface area contributed by atoms with Crippen molar-refractivity contribution in [2.24, 2.45) is 0 Å². The van der Waals surface area contributed by atoms with Crippen LogP contribution in [0.1, 0.15) is 29.3 Å². The molecule has 1 atom stereocenters. The molecule has 0 aliphatic carbocycles. The van der Waals surface area contributed by atoms with Gasteiger partial charge < -0.3 is 23.8 Å². The van der Waals surface area contributed by atoms with Crippen LogP contribution in [0, 0.1) is 0 Å². The van der Waals surface area contributed by atoms with E-state index in [4.69, 9.17) is 18.9 Å². The summed E-state index contributed by atoms with van der Waals surface area (Å²) in [7, 11) is 1.38. The van der Waals surface area contributed by atoms with E-state index >= 15 is 0 Å². The molecule has 174 valence electrons. The van der Waals surface area contributed by atoms with Gasteiger partial charge >= 0.3 is 0 Å². The Balaban J connectivity index is 1.96. The molecule has 0 N–H and O–H groups in total. The van der Waals surface area contributed by atoms with E-state index in [9.17, 15) is 13.2 Å². The number of hydrogen-bond donors (Lipinski definition) is 0. The lowest BCUT2D eigenvalue weighted by atomic mass is 10.1. The zero-order valence-electron chi connectivity index (χ0n) is 18.8. The van der Waals surface area contributed by atoms with E-state index in [1.807, 2.05) is 6.92 Å². The second-order valence-electron chi connectivity index (χ2n) is 7.48. The zero-order valence-corrected chi connectivity index (χ0v) is 19.6. The Morgan fingerprint density at radius 2 is 1.66 bits per heavy atom. The van der Waals surface area contributed by atoms with Crippen LogP contribution in [0.25, 0.3) is 0 Å². The normalized spacial score (nSPS) is 16.9. The number of amides is 1. The highest BCUT2D eigenvalue weighted by Crippen LogP contribution is 2.39. The molecular formula is C23H29NO7S. The summed E-state index contributed by atoms with van der Waals surface area (Å²) in [6.07, 6.45) is 0.398. The SMILES string of the molecule is CCOc1ccc(C(=O)N(Cc2cc(OC)c(OC)c(OC)c2)[C@@H]2CCS(=O)(=O)C2)cc1. The number of ether oxygens (including phenoxy) is 4. The highest BCUT2D eigenvalue weighted by molar-refractivity contribution is 7.91. The predicted octanol–water partition coefficient (Wildman–Crippen LogP) is 2.94. The maximum absolute atomic E-state index is 13.5. The van der Waals surface area contributed by atoms with Gasteiger partial charge in [-0.25, -0.2) is 8.42 Å². The molecule has 0 saturated carbocycles. The first-order chi connectivity index (χ1) is 15.3. The maximum Gasteiger partial charge on any atom is 0.254 e. The Labute approximate surface area is 188 Å². The second kappa shape index (κ2) is 10.1. The minimum absolute atomic E-state index is 0.0554. The van der Waals surface area contributed by atoms with Crippen LogP contribution in [0.15, 0.2) is 36.4 Å². The van der Waals surface area contributed by atoms with Crippen LogP contribution in [-0.2, 0) is 16.4 Å². The van der Waals surface area contributed by atoms with Crippen molar-refractivity contribution >= 4 is 15.7 Å². The van der Waals surface area contributed by atoms with Crippen LogP contribution < -0.4 is 18.9 Å². The molecule has 1 aliphatic rings. The number of nitrogens with zero attached hydrogens (tertiary/aromatic N) is 1. The van der Waals surface area contributed by atoms with Gasteiger partial charge in [-0.15, -0.1) is 0 Å². The molecule has 1 saturated heterocycles. The molecule has 8 nitrogen and oxygen atoms in total. The summed E-state index contributed by atoms with van der Waals surface area (Å²) in [4.78, 5) is 15.1. The average Bonchev–Trinajstić information content (AvgIpc) is 3.16. The topological polar surface area (TPSA) is 91.4 Å². The minimum atomic E-state index is -3.18. The molecule has 1 fully saturated rings. The number of sulfone groups is 1. The number of hydrogen-bond acceptors (Lipinski definition) is 7. The number of rotatable bonds is 9. The molecule has 2 aromatic carbocycles. The molecule has 1 heterocycles. The van der Waals surface area contributed by atoms with Gasteiger partial charge in [0.2, 0.25) is 5.75 Å². The lowest BCUT2D eigenvalue weighted by molar-refractivity contribution is 0.0680. The molecule has 3 rings (SSSR count). The molecule has 2 aromatic rings. The van der Waals surface area contributed by atoms with Crippen molar-refractivity contribution in [3.05, 3.63) is 47.5 Å². The summed E-state index contributed by atoms with van der Waals surface area (Å²) in [5, 5.41) is 0. The Hall–Kier alpha value is -2.94. The molecule has 0 spiro atoms. The van der Waals surface area contributed by atoms with Gasteiger partial charge in [0.25, 0.3) is 5.91 Å². The van der Waals surface area contributed by atoms with Gasteiger partial charge in [-0.1, -0.05) is 0 Å².